The SMILES string of the molecule is CCC(C)C(N)C(=O)NC(CCCN=C(N)N)C(=O)NC(C(=O)NC(C)C(=O)NC(C(=O)O)C(C)C)C(C)C. The maximum absolute atomic E-state index is 13.2. The van der Waals surface area contributed by atoms with Crippen LogP contribution in [-0.2, 0) is 24.0 Å². The van der Waals surface area contributed by atoms with Crippen LogP contribution in [0.4, 0.5) is 0 Å². The highest BCUT2D eigenvalue weighted by molar-refractivity contribution is 5.95. The molecule has 0 saturated carbocycles. The summed E-state index contributed by atoms with van der Waals surface area (Å²) in [6, 6.07) is -5.08. The molecule has 0 aromatic carbocycles. The summed E-state index contributed by atoms with van der Waals surface area (Å²) in [6.45, 7) is 12.1. The van der Waals surface area contributed by atoms with E-state index in [0.717, 1.165) is 0 Å². The summed E-state index contributed by atoms with van der Waals surface area (Å²) in [5.41, 5.74) is 16.7. The topological polar surface area (TPSA) is 244 Å². The van der Waals surface area contributed by atoms with Crippen LogP contribution >= 0.6 is 0 Å². The lowest BCUT2D eigenvalue weighted by Crippen LogP contribution is -2.59. The van der Waals surface area contributed by atoms with Crippen LogP contribution in [0.2, 0.25) is 0 Å². The van der Waals surface area contributed by atoms with Gasteiger partial charge in [0.1, 0.15) is 24.2 Å². The van der Waals surface area contributed by atoms with Crippen LogP contribution in [0.5, 0.6) is 0 Å². The van der Waals surface area contributed by atoms with Crippen molar-refractivity contribution in [2.75, 3.05) is 6.54 Å². The van der Waals surface area contributed by atoms with Gasteiger partial charge in [0, 0.05) is 6.54 Å². The predicted molar refractivity (Wildman–Crippen MR) is 148 cm³/mol. The van der Waals surface area contributed by atoms with Crippen molar-refractivity contribution in [2.24, 2.45) is 39.9 Å². The Balaban J connectivity index is 5.57. The maximum Gasteiger partial charge on any atom is 0.326 e. The Hall–Kier alpha value is -3.42. The Kier molecular flexibility index (Phi) is 15.7. The summed E-state index contributed by atoms with van der Waals surface area (Å²) in [5, 5.41) is 19.6. The van der Waals surface area contributed by atoms with E-state index in [1.165, 1.54) is 6.92 Å². The zero-order chi connectivity index (χ0) is 30.4. The number of amides is 4. The fraction of sp³-hybridized carbons (Fsp3) is 0.760. The van der Waals surface area contributed by atoms with Crippen LogP contribution < -0.4 is 38.5 Å². The number of hydrogen-bond donors (Lipinski definition) is 8. The second kappa shape index (κ2) is 17.2. The van der Waals surface area contributed by atoms with Gasteiger partial charge < -0.3 is 43.6 Å². The first-order valence-corrected chi connectivity index (χ1v) is 13.3. The summed E-state index contributed by atoms with van der Waals surface area (Å²) in [4.78, 5) is 66.8. The zero-order valence-corrected chi connectivity index (χ0v) is 24.1. The van der Waals surface area contributed by atoms with Crippen LogP contribution in [0, 0.1) is 17.8 Å². The third-order valence-electron chi connectivity index (χ3n) is 6.37. The second-order valence-electron chi connectivity index (χ2n) is 10.5. The molecule has 14 heteroatoms. The predicted octanol–water partition coefficient (Wildman–Crippen LogP) is -1.23. The van der Waals surface area contributed by atoms with E-state index in [1.807, 2.05) is 13.8 Å². The Bertz CT molecular complexity index is 875. The van der Waals surface area contributed by atoms with Gasteiger partial charge in [-0.1, -0.05) is 48.0 Å². The summed E-state index contributed by atoms with van der Waals surface area (Å²) in [7, 11) is 0. The Labute approximate surface area is 230 Å². The standard InChI is InChI=1S/C25H48N8O6/c1-8-14(6)17(26)22(36)31-16(10-9-11-29-25(27)28)21(35)32-18(12(2)3)23(37)30-15(7)20(34)33-19(13(4)5)24(38)39/h12-19H,8-11,26H2,1-7H3,(H,30,37)(H,31,36)(H,32,35)(H,33,34)(H,38,39)(H4,27,28,29). The highest BCUT2D eigenvalue weighted by Crippen LogP contribution is 2.09. The minimum absolute atomic E-state index is 0.100. The number of carboxylic acids is 1. The fourth-order valence-corrected chi connectivity index (χ4v) is 3.50. The van der Waals surface area contributed by atoms with Crippen molar-refractivity contribution >= 4 is 35.6 Å². The molecule has 0 aromatic heterocycles. The van der Waals surface area contributed by atoms with Crippen LogP contribution in [0.3, 0.4) is 0 Å². The first kappa shape index (κ1) is 35.6. The zero-order valence-electron chi connectivity index (χ0n) is 24.1. The number of aliphatic imine (C=N–C) groups is 1. The molecule has 6 unspecified atom stereocenters. The van der Waals surface area contributed by atoms with Crippen molar-refractivity contribution in [3.8, 4) is 0 Å². The molecule has 0 rings (SSSR count). The van der Waals surface area contributed by atoms with E-state index >= 15 is 0 Å². The van der Waals surface area contributed by atoms with Gasteiger partial charge in [-0.15, -0.1) is 0 Å². The third kappa shape index (κ3) is 12.8. The number of hydrogen-bond acceptors (Lipinski definition) is 7. The molecule has 4 amide bonds. The first-order chi connectivity index (χ1) is 18.0. The molecule has 14 nitrogen and oxygen atoms in total. The number of carboxylic acid groups (broad SMARTS) is 1. The van der Waals surface area contributed by atoms with E-state index in [-0.39, 0.29) is 36.7 Å². The summed E-state index contributed by atoms with van der Waals surface area (Å²) in [5.74, 6) is -4.59. The molecule has 6 atom stereocenters. The average Bonchev–Trinajstić information content (AvgIpc) is 2.84. The molecule has 39 heavy (non-hydrogen) atoms. The fourth-order valence-electron chi connectivity index (χ4n) is 3.50. The lowest BCUT2D eigenvalue weighted by molar-refractivity contribution is -0.143. The van der Waals surface area contributed by atoms with Gasteiger partial charge in [-0.25, -0.2) is 4.79 Å². The van der Waals surface area contributed by atoms with Crippen molar-refractivity contribution in [1.29, 1.82) is 0 Å². The van der Waals surface area contributed by atoms with Gasteiger partial charge in [0.05, 0.1) is 6.04 Å². The highest BCUT2D eigenvalue weighted by atomic mass is 16.4. The number of nitrogens with two attached hydrogens (primary N) is 3. The Morgan fingerprint density at radius 1 is 0.769 bits per heavy atom. The number of rotatable bonds is 17. The Morgan fingerprint density at radius 3 is 1.77 bits per heavy atom. The summed E-state index contributed by atoms with van der Waals surface area (Å²) < 4.78 is 0. The molecule has 0 aliphatic rings. The van der Waals surface area contributed by atoms with Crippen molar-refractivity contribution in [3.63, 3.8) is 0 Å². The monoisotopic (exact) mass is 556 g/mol. The third-order valence-corrected chi connectivity index (χ3v) is 6.37. The minimum Gasteiger partial charge on any atom is -0.480 e. The molecular formula is C25H48N8O6. The number of carbonyl (C=O) groups excluding carboxylic acids is 4. The number of guanidine groups is 1. The maximum atomic E-state index is 13.2. The molecule has 0 bridgehead atoms. The molecule has 0 aromatic rings. The smallest absolute Gasteiger partial charge is 0.326 e. The van der Waals surface area contributed by atoms with E-state index < -0.39 is 59.8 Å². The summed E-state index contributed by atoms with van der Waals surface area (Å²) in [6.07, 6.45) is 1.21. The number of nitrogens with one attached hydrogen (secondary N) is 4. The lowest BCUT2D eigenvalue weighted by atomic mass is 9.98. The van der Waals surface area contributed by atoms with E-state index in [4.69, 9.17) is 17.2 Å². The normalized spacial score (nSPS) is 15.7. The van der Waals surface area contributed by atoms with Crippen molar-refractivity contribution in [3.05, 3.63) is 0 Å². The number of nitrogens with zero attached hydrogens (tertiary/aromatic N) is 1. The lowest BCUT2D eigenvalue weighted by Gasteiger charge is -2.28. The molecule has 0 fully saturated rings. The molecule has 11 N–H and O–H groups in total. The van der Waals surface area contributed by atoms with Crippen LogP contribution in [0.15, 0.2) is 4.99 Å². The van der Waals surface area contributed by atoms with E-state index in [1.54, 1.807) is 27.7 Å². The molecular weight excluding hydrogens is 508 g/mol. The van der Waals surface area contributed by atoms with Crippen LogP contribution in [0.25, 0.3) is 0 Å². The average molecular weight is 557 g/mol. The Morgan fingerprint density at radius 2 is 1.31 bits per heavy atom. The van der Waals surface area contributed by atoms with Crippen molar-refractivity contribution in [1.82, 2.24) is 21.3 Å². The highest BCUT2D eigenvalue weighted by Gasteiger charge is 2.32. The minimum atomic E-state index is -1.19. The second-order valence-corrected chi connectivity index (χ2v) is 10.5. The molecule has 0 spiro atoms. The van der Waals surface area contributed by atoms with E-state index in [9.17, 15) is 29.1 Å². The van der Waals surface area contributed by atoms with Gasteiger partial charge in [-0.05, 0) is 37.5 Å². The van der Waals surface area contributed by atoms with E-state index in [0.29, 0.717) is 12.8 Å². The van der Waals surface area contributed by atoms with Gasteiger partial charge in [-0.3, -0.25) is 24.2 Å². The molecule has 0 heterocycles. The van der Waals surface area contributed by atoms with Gasteiger partial charge in [0.15, 0.2) is 5.96 Å². The van der Waals surface area contributed by atoms with Crippen LogP contribution in [0.1, 0.15) is 67.7 Å². The number of carbonyl (C=O) groups is 5. The molecule has 0 radical (unpaired) electrons. The van der Waals surface area contributed by atoms with Gasteiger partial charge >= 0.3 is 5.97 Å². The summed E-state index contributed by atoms with van der Waals surface area (Å²) >= 11 is 0. The van der Waals surface area contributed by atoms with Gasteiger partial charge in [0.25, 0.3) is 0 Å². The van der Waals surface area contributed by atoms with Crippen LogP contribution in [-0.4, -0.2) is 77.4 Å². The number of aliphatic carboxylic acids is 1. The molecule has 0 aliphatic heterocycles. The molecule has 0 saturated heterocycles. The van der Waals surface area contributed by atoms with Gasteiger partial charge in [0.2, 0.25) is 23.6 Å². The largest absolute Gasteiger partial charge is 0.480 e. The van der Waals surface area contributed by atoms with Gasteiger partial charge in [-0.2, -0.15) is 0 Å². The van der Waals surface area contributed by atoms with Crippen molar-refractivity contribution in [2.45, 2.75) is 97.9 Å². The quantitative estimate of drug-likeness (QED) is 0.0606. The van der Waals surface area contributed by atoms with E-state index in [2.05, 4.69) is 26.3 Å². The molecule has 224 valence electrons. The molecule has 0 aliphatic carbocycles. The first-order valence-electron chi connectivity index (χ1n) is 13.3. The van der Waals surface area contributed by atoms with Crippen molar-refractivity contribution < 1.29 is 29.1 Å².